The molecule has 12 rings (SSSR count). The third kappa shape index (κ3) is 6.78. The quantitative estimate of drug-likeness (QED) is 0.101. The standard InChI is InChI=1S/C55H65N3O12/c1-27(2)15-14-22-53(10)23-21-31-43(68-53)30(19-18-28(3)4)45-37(44(31)66-49-42(60)41(59)46-35(65-49)26-64-52(8,9)67-46)39-38-40(58-34-17-13-12-16-33(34)56-50(58)57-39)32-25-36-51(6,7)70-54(47(32)61,55(36,38)69-45)24-20-29(5)48(62)63-11/h12-13,15-18,20-21,23,32,35-36,40-42,46,49,59-60H,14,19,22,24-26H2,1-11H3,(H,56,57)/b29-20-/t32?,35-,36?,40?,41-,42-,46-,49+,53?,54?,55?/m0/s1. The van der Waals surface area contributed by atoms with Gasteiger partial charge in [0.2, 0.25) is 12.2 Å². The molecule has 1 spiro atoms. The summed E-state index contributed by atoms with van der Waals surface area (Å²) in [5.74, 6) is -0.829. The average Bonchev–Trinajstić information content (AvgIpc) is 3.75. The van der Waals surface area contributed by atoms with Crippen molar-refractivity contribution in [3.63, 3.8) is 0 Å². The van der Waals surface area contributed by atoms with E-state index >= 15 is 4.79 Å². The monoisotopic (exact) mass is 959 g/mol. The number of aromatic nitrogens is 2. The second-order valence-electron chi connectivity index (χ2n) is 22.1. The van der Waals surface area contributed by atoms with Crippen molar-refractivity contribution in [3.05, 3.63) is 87.6 Å². The van der Waals surface area contributed by atoms with E-state index in [-0.39, 0.29) is 30.5 Å². The number of aliphatic hydroxyl groups excluding tert-OH is 2. The number of benzene rings is 2. The van der Waals surface area contributed by atoms with Crippen LogP contribution in [0.4, 0.5) is 5.95 Å². The fraction of sp³-hybridized carbons (Fsp3) is 0.545. The maximum atomic E-state index is 16.0. The Morgan fingerprint density at radius 2 is 1.74 bits per heavy atom. The van der Waals surface area contributed by atoms with Crippen molar-refractivity contribution in [1.29, 1.82) is 0 Å². The van der Waals surface area contributed by atoms with Gasteiger partial charge in [-0.25, -0.2) is 9.78 Å². The van der Waals surface area contributed by atoms with E-state index < -0.39 is 76.8 Å². The molecule has 6 unspecified atom stereocenters. The van der Waals surface area contributed by atoms with E-state index in [4.69, 9.17) is 42.9 Å². The number of hydrogen-bond acceptors (Lipinski definition) is 14. The molecule has 11 atom stereocenters. The molecule has 7 heterocycles. The molecule has 3 N–H and O–H groups in total. The second kappa shape index (κ2) is 16.1. The number of rotatable bonds is 10. The van der Waals surface area contributed by atoms with Crippen LogP contribution in [0.1, 0.15) is 118 Å². The summed E-state index contributed by atoms with van der Waals surface area (Å²) < 4.78 is 55.7. The summed E-state index contributed by atoms with van der Waals surface area (Å²) in [4.78, 5) is 34.2. The SMILES string of the molecule is COC(=O)/C(C)=C\CC12OC(C)(C)C3CC(C1=O)C1C4=C(Nc5nc6ccccc6n51)c1c(O[C@H]5O[C@H]6COC(C)(C)O[C@@H]6[C@@H](O)[C@@H]5O)c5c(c(CC=C(C)C)c1OC432)OC(C)(CCC=C(C)C)C=C5. The number of esters is 1. The van der Waals surface area contributed by atoms with Crippen molar-refractivity contribution in [2.45, 2.75) is 166 Å². The van der Waals surface area contributed by atoms with Crippen LogP contribution in [0.2, 0.25) is 0 Å². The predicted molar refractivity (Wildman–Crippen MR) is 260 cm³/mol. The van der Waals surface area contributed by atoms with E-state index in [2.05, 4.69) is 42.8 Å². The molecule has 4 bridgehead atoms. The van der Waals surface area contributed by atoms with Gasteiger partial charge in [-0.15, -0.1) is 0 Å². The van der Waals surface area contributed by atoms with Gasteiger partial charge in [0.1, 0.15) is 47.3 Å². The summed E-state index contributed by atoms with van der Waals surface area (Å²) in [6.07, 6.45) is 6.41. The molecule has 6 aliphatic heterocycles. The Kier molecular flexibility index (Phi) is 10.8. The van der Waals surface area contributed by atoms with Crippen LogP contribution < -0.4 is 19.5 Å². The number of imidazole rings is 1. The lowest BCUT2D eigenvalue weighted by Crippen LogP contribution is -2.75. The van der Waals surface area contributed by atoms with Gasteiger partial charge in [-0.1, -0.05) is 41.5 Å². The van der Waals surface area contributed by atoms with Crippen LogP contribution in [0.25, 0.3) is 22.8 Å². The third-order valence-corrected chi connectivity index (χ3v) is 16.0. The first-order valence-corrected chi connectivity index (χ1v) is 24.7. The molecule has 3 aliphatic carbocycles. The number of carbonyl (C=O) groups excluding carboxylic acids is 2. The number of methoxy groups -OCH3 is 1. The summed E-state index contributed by atoms with van der Waals surface area (Å²) in [6, 6.07) is 7.32. The molecule has 0 radical (unpaired) electrons. The largest absolute Gasteiger partial charge is 0.482 e. The fourth-order valence-electron chi connectivity index (χ4n) is 12.8. The van der Waals surface area contributed by atoms with Crippen LogP contribution in [0.5, 0.6) is 17.2 Å². The van der Waals surface area contributed by atoms with E-state index in [1.807, 2.05) is 64.1 Å². The normalized spacial score (nSPS) is 34.5. The predicted octanol–water partition coefficient (Wildman–Crippen LogP) is 8.22. The van der Waals surface area contributed by atoms with Gasteiger partial charge >= 0.3 is 5.97 Å². The van der Waals surface area contributed by atoms with E-state index in [9.17, 15) is 15.0 Å². The summed E-state index contributed by atoms with van der Waals surface area (Å²) in [6.45, 7) is 19.6. The van der Waals surface area contributed by atoms with Crippen molar-refractivity contribution in [2.24, 2.45) is 11.8 Å². The first kappa shape index (κ1) is 47.1. The zero-order valence-corrected chi connectivity index (χ0v) is 41.9. The van der Waals surface area contributed by atoms with Crippen LogP contribution in [0.15, 0.2) is 70.9 Å². The fourth-order valence-corrected chi connectivity index (χ4v) is 12.8. The number of para-hydroxylation sites is 2. The molecule has 6 fully saturated rings. The van der Waals surface area contributed by atoms with Crippen LogP contribution in [-0.4, -0.2) is 104 Å². The highest BCUT2D eigenvalue weighted by molar-refractivity contribution is 6.04. The molecule has 3 saturated heterocycles. The lowest BCUT2D eigenvalue weighted by molar-refractivity contribution is -0.373. The number of ketones is 1. The Balaban J connectivity index is 1.20. The van der Waals surface area contributed by atoms with Gasteiger partial charge in [-0.05, 0) is 119 Å². The summed E-state index contributed by atoms with van der Waals surface area (Å²) >= 11 is 0. The molecule has 3 saturated carbocycles. The van der Waals surface area contributed by atoms with Gasteiger partial charge in [0, 0.05) is 35.0 Å². The van der Waals surface area contributed by atoms with Crippen LogP contribution >= 0.6 is 0 Å². The number of allylic oxidation sites excluding steroid dienone is 4. The molecule has 3 aromatic rings. The molecule has 15 nitrogen and oxygen atoms in total. The van der Waals surface area contributed by atoms with Gasteiger partial charge in [-0.3, -0.25) is 4.79 Å². The highest BCUT2D eigenvalue weighted by atomic mass is 16.8. The summed E-state index contributed by atoms with van der Waals surface area (Å²) in [5.41, 5.74) is 2.78. The first-order valence-electron chi connectivity index (χ1n) is 24.7. The topological polar surface area (TPSA) is 178 Å². The number of hydrogen-bond donors (Lipinski definition) is 3. The molecule has 1 aromatic heterocycles. The lowest BCUT2D eigenvalue weighted by Gasteiger charge is -2.62. The van der Waals surface area contributed by atoms with Gasteiger partial charge in [0.25, 0.3) is 0 Å². The van der Waals surface area contributed by atoms with Crippen molar-refractivity contribution in [3.8, 4) is 17.2 Å². The van der Waals surface area contributed by atoms with E-state index in [0.29, 0.717) is 59.1 Å². The van der Waals surface area contributed by atoms with E-state index in [1.165, 1.54) is 12.7 Å². The number of fused-ring (bicyclic) bond motifs is 7. The Bertz CT molecular complexity index is 2900. The van der Waals surface area contributed by atoms with Crippen LogP contribution in [0.3, 0.4) is 0 Å². The minimum Gasteiger partial charge on any atom is -0.482 e. The Morgan fingerprint density at radius 3 is 2.49 bits per heavy atom. The average molecular weight is 960 g/mol. The van der Waals surface area contributed by atoms with Crippen molar-refractivity contribution >= 4 is 40.5 Å². The van der Waals surface area contributed by atoms with Gasteiger partial charge < -0.3 is 58.0 Å². The molecular formula is C55H65N3O12. The Labute approximate surface area is 408 Å². The number of carbonyl (C=O) groups is 2. The van der Waals surface area contributed by atoms with E-state index in [1.54, 1.807) is 26.8 Å². The minimum absolute atomic E-state index is 0.0301. The molecule has 372 valence electrons. The zero-order chi connectivity index (χ0) is 49.6. The van der Waals surface area contributed by atoms with Gasteiger partial charge in [-0.2, -0.15) is 0 Å². The number of Topliss-reactive ketones (excluding diaryl/α,β-unsaturated/α-hetero) is 1. The van der Waals surface area contributed by atoms with Crippen molar-refractivity contribution in [1.82, 2.24) is 9.55 Å². The molecule has 2 aromatic carbocycles. The molecule has 9 aliphatic rings. The summed E-state index contributed by atoms with van der Waals surface area (Å²) in [5, 5.41) is 27.6. The molecular weight excluding hydrogens is 895 g/mol. The van der Waals surface area contributed by atoms with Crippen LogP contribution in [0, 0.1) is 11.8 Å². The zero-order valence-electron chi connectivity index (χ0n) is 41.9. The Morgan fingerprint density at radius 1 is 0.986 bits per heavy atom. The highest BCUT2D eigenvalue weighted by Crippen LogP contribution is 2.74. The number of anilines is 1. The van der Waals surface area contributed by atoms with Crippen molar-refractivity contribution in [2.75, 3.05) is 19.0 Å². The number of ether oxygens (including phenoxy) is 8. The number of aliphatic hydroxyl groups is 2. The minimum atomic E-state index is -1.61. The maximum absolute atomic E-state index is 16.0. The molecule has 70 heavy (non-hydrogen) atoms. The second-order valence-corrected chi connectivity index (χ2v) is 22.1. The smallest absolute Gasteiger partial charge is 0.333 e. The lowest BCUT2D eigenvalue weighted by atomic mass is 9.47. The number of nitrogens with zero attached hydrogens (tertiary/aromatic N) is 2. The molecule has 0 amide bonds. The van der Waals surface area contributed by atoms with Crippen LogP contribution in [-0.2, 0) is 39.7 Å². The number of nitrogens with one attached hydrogen (secondary N) is 1. The maximum Gasteiger partial charge on any atom is 0.333 e. The first-order chi connectivity index (χ1) is 33.1. The highest BCUT2D eigenvalue weighted by Gasteiger charge is 2.84. The molecule has 15 heteroatoms. The summed E-state index contributed by atoms with van der Waals surface area (Å²) in [7, 11) is 1.34. The Hall–Kier alpha value is -5.29. The third-order valence-electron chi connectivity index (χ3n) is 16.0. The van der Waals surface area contributed by atoms with Crippen molar-refractivity contribution < 1.29 is 57.7 Å². The van der Waals surface area contributed by atoms with Gasteiger partial charge in [0.15, 0.2) is 22.8 Å². The van der Waals surface area contributed by atoms with Gasteiger partial charge in [0.05, 0.1) is 53.2 Å². The van der Waals surface area contributed by atoms with E-state index in [0.717, 1.165) is 34.2 Å².